The van der Waals surface area contributed by atoms with Crippen molar-refractivity contribution in [2.24, 2.45) is 0 Å². The van der Waals surface area contributed by atoms with Crippen LogP contribution in [0.5, 0.6) is 0 Å². The van der Waals surface area contributed by atoms with E-state index in [1.54, 1.807) is 0 Å². The monoisotopic (exact) mass is 668 g/mol. The zero-order valence-electron chi connectivity index (χ0n) is 30.2. The Morgan fingerprint density at radius 2 is 0.769 bits per heavy atom. The van der Waals surface area contributed by atoms with Crippen LogP contribution in [0.25, 0.3) is 87.3 Å². The van der Waals surface area contributed by atoms with Crippen LogP contribution in [-0.2, 0) is 10.8 Å². The van der Waals surface area contributed by atoms with Crippen LogP contribution in [0, 0.1) is 0 Å². The lowest BCUT2D eigenvalue weighted by Gasteiger charge is -2.42. The maximum Gasteiger partial charge on any atom is 0.0548 e. The Hall–Kier alpha value is -5.86. The molecule has 0 saturated heterocycles. The van der Waals surface area contributed by atoms with E-state index in [4.69, 9.17) is 0 Å². The summed E-state index contributed by atoms with van der Waals surface area (Å²) in [5.74, 6) is 0. The van der Waals surface area contributed by atoms with Gasteiger partial charge in [-0.1, -0.05) is 119 Å². The largest absolute Gasteiger partial charge is 0.309 e. The molecule has 250 valence electrons. The number of hydrogen-bond acceptors (Lipinski definition) is 0. The van der Waals surface area contributed by atoms with Crippen LogP contribution in [0.2, 0.25) is 0 Å². The second-order valence-corrected chi connectivity index (χ2v) is 16.4. The van der Waals surface area contributed by atoms with Crippen molar-refractivity contribution < 1.29 is 0 Å². The molecule has 0 unspecified atom stereocenters. The predicted molar refractivity (Wildman–Crippen MR) is 223 cm³/mol. The van der Waals surface area contributed by atoms with Gasteiger partial charge in [0, 0.05) is 32.9 Å². The van der Waals surface area contributed by atoms with Gasteiger partial charge in [0.1, 0.15) is 0 Å². The number of hydrogen-bond donors (Lipinski definition) is 0. The van der Waals surface area contributed by atoms with Gasteiger partial charge in [-0.25, -0.2) is 0 Å². The van der Waals surface area contributed by atoms with E-state index in [0.29, 0.717) is 0 Å². The number of para-hydroxylation sites is 2. The third-order valence-corrected chi connectivity index (χ3v) is 12.5. The van der Waals surface area contributed by atoms with Crippen molar-refractivity contribution in [3.63, 3.8) is 0 Å². The van der Waals surface area contributed by atoms with Gasteiger partial charge >= 0.3 is 0 Å². The molecular formula is C50H40N2. The van der Waals surface area contributed by atoms with Crippen LogP contribution in [-0.4, -0.2) is 9.13 Å². The van der Waals surface area contributed by atoms with Gasteiger partial charge in [-0.3, -0.25) is 0 Å². The van der Waals surface area contributed by atoms with E-state index in [1.807, 2.05) is 0 Å². The average molecular weight is 669 g/mol. The molecule has 0 N–H and O–H groups in total. The number of benzene rings is 8. The molecule has 2 heterocycles. The van der Waals surface area contributed by atoms with Crippen LogP contribution >= 0.6 is 0 Å². The lowest BCUT2D eigenvalue weighted by atomic mass is 9.63. The minimum absolute atomic E-state index is 0.101. The molecule has 2 heteroatoms. The quantitative estimate of drug-likeness (QED) is 0.162. The third-order valence-electron chi connectivity index (χ3n) is 12.5. The second-order valence-electron chi connectivity index (χ2n) is 16.4. The van der Waals surface area contributed by atoms with Crippen LogP contribution in [0.15, 0.2) is 146 Å². The SMILES string of the molecule is CC1(C)CCC(C)(C)c2cc3c(cc21)c1cc2c(cc1n3-c1ccc3c4ccccc4c4ccccc4c3c1)c1ccccc1n2-c1ccccc1. The van der Waals surface area contributed by atoms with E-state index in [1.165, 1.54) is 111 Å². The van der Waals surface area contributed by atoms with Gasteiger partial charge in [-0.2, -0.15) is 0 Å². The van der Waals surface area contributed by atoms with Crippen LogP contribution in [0.4, 0.5) is 0 Å². The number of nitrogens with zero attached hydrogens (tertiary/aromatic N) is 2. The molecule has 0 spiro atoms. The van der Waals surface area contributed by atoms with Crippen LogP contribution in [0.3, 0.4) is 0 Å². The Labute approximate surface area is 303 Å². The summed E-state index contributed by atoms with van der Waals surface area (Å²) in [5.41, 5.74) is 10.6. The van der Waals surface area contributed by atoms with Crippen molar-refractivity contribution in [3.8, 4) is 11.4 Å². The maximum absolute atomic E-state index is 2.57. The smallest absolute Gasteiger partial charge is 0.0548 e. The Kier molecular flexibility index (Phi) is 5.94. The fraction of sp³-hybridized carbons (Fsp3) is 0.160. The molecule has 1 aliphatic carbocycles. The standard InChI is InChI=1S/C50H40N2/c1-49(2)24-25-50(3,4)44-30-48-40(27-43(44)49)42-29-46-41(38-20-12-13-21-45(38)51(46)31-14-6-5-7-15-31)28-47(42)52(48)32-22-23-37-35-18-9-8-16-33(35)34-17-10-11-19-36(34)39(37)26-32/h5-23,26-30H,24-25H2,1-4H3. The summed E-state index contributed by atoms with van der Waals surface area (Å²) in [6.45, 7) is 9.76. The fourth-order valence-electron chi connectivity index (χ4n) is 9.71. The van der Waals surface area contributed by atoms with Crippen molar-refractivity contribution in [3.05, 3.63) is 157 Å². The summed E-state index contributed by atoms with van der Waals surface area (Å²) in [6.07, 6.45) is 2.38. The highest BCUT2D eigenvalue weighted by Crippen LogP contribution is 2.49. The minimum Gasteiger partial charge on any atom is -0.309 e. The summed E-state index contributed by atoms with van der Waals surface area (Å²) >= 11 is 0. The van der Waals surface area contributed by atoms with Crippen molar-refractivity contribution >= 4 is 75.9 Å². The van der Waals surface area contributed by atoms with E-state index in [0.717, 1.165) is 0 Å². The van der Waals surface area contributed by atoms with Gasteiger partial charge in [0.2, 0.25) is 0 Å². The predicted octanol–water partition coefficient (Wildman–Crippen LogP) is 13.7. The normalized spacial score (nSPS) is 15.5. The highest BCUT2D eigenvalue weighted by Gasteiger charge is 2.38. The highest BCUT2D eigenvalue weighted by atomic mass is 15.0. The van der Waals surface area contributed by atoms with E-state index in [-0.39, 0.29) is 10.8 Å². The fourth-order valence-corrected chi connectivity index (χ4v) is 9.71. The first kappa shape index (κ1) is 29.8. The number of fused-ring (bicyclic) bond motifs is 13. The molecule has 8 aromatic carbocycles. The van der Waals surface area contributed by atoms with E-state index in [2.05, 4.69) is 182 Å². The van der Waals surface area contributed by atoms with Crippen LogP contribution < -0.4 is 0 Å². The Morgan fingerprint density at radius 3 is 1.40 bits per heavy atom. The first-order valence-corrected chi connectivity index (χ1v) is 18.7. The first-order valence-electron chi connectivity index (χ1n) is 18.7. The first-order chi connectivity index (χ1) is 25.3. The Bertz CT molecular complexity index is 3080. The van der Waals surface area contributed by atoms with Crippen LogP contribution in [0.1, 0.15) is 51.7 Å². The molecule has 11 rings (SSSR count). The molecule has 0 saturated carbocycles. The highest BCUT2D eigenvalue weighted by molar-refractivity contribution is 6.26. The van der Waals surface area contributed by atoms with Gasteiger partial charge in [-0.05, 0) is 122 Å². The van der Waals surface area contributed by atoms with E-state index in [9.17, 15) is 0 Å². The third kappa shape index (κ3) is 4.01. The Balaban J connectivity index is 1.32. The topological polar surface area (TPSA) is 9.86 Å². The van der Waals surface area contributed by atoms with Crippen molar-refractivity contribution in [1.29, 1.82) is 0 Å². The molecule has 0 atom stereocenters. The summed E-state index contributed by atoms with van der Waals surface area (Å²) < 4.78 is 5.02. The molecule has 52 heavy (non-hydrogen) atoms. The van der Waals surface area contributed by atoms with Gasteiger partial charge in [0.15, 0.2) is 0 Å². The van der Waals surface area contributed by atoms with Gasteiger partial charge in [0.05, 0.1) is 22.1 Å². The maximum atomic E-state index is 2.57. The van der Waals surface area contributed by atoms with Gasteiger partial charge in [0.25, 0.3) is 0 Å². The molecule has 0 aliphatic heterocycles. The molecule has 2 aromatic heterocycles. The molecule has 0 radical (unpaired) electrons. The summed E-state index contributed by atoms with van der Waals surface area (Å²) in [5, 5.41) is 13.0. The van der Waals surface area contributed by atoms with Crippen molar-refractivity contribution in [2.45, 2.75) is 51.4 Å². The van der Waals surface area contributed by atoms with E-state index < -0.39 is 0 Å². The number of rotatable bonds is 2. The lowest BCUT2D eigenvalue weighted by molar-refractivity contribution is 0.332. The molecule has 0 amide bonds. The Morgan fingerprint density at radius 1 is 0.327 bits per heavy atom. The zero-order chi connectivity index (χ0) is 34.9. The van der Waals surface area contributed by atoms with Gasteiger partial charge < -0.3 is 9.13 Å². The number of aromatic nitrogens is 2. The molecule has 0 fully saturated rings. The molecule has 2 nitrogen and oxygen atoms in total. The summed E-state index contributed by atoms with van der Waals surface area (Å²) in [7, 11) is 0. The summed E-state index contributed by atoms with van der Waals surface area (Å²) in [6, 6.07) is 54.8. The lowest BCUT2D eigenvalue weighted by Crippen LogP contribution is -2.33. The summed E-state index contributed by atoms with van der Waals surface area (Å²) in [4.78, 5) is 0. The molecule has 0 bridgehead atoms. The zero-order valence-corrected chi connectivity index (χ0v) is 30.2. The van der Waals surface area contributed by atoms with E-state index >= 15 is 0 Å². The van der Waals surface area contributed by atoms with Gasteiger partial charge in [-0.15, -0.1) is 0 Å². The average Bonchev–Trinajstić information content (AvgIpc) is 3.67. The van der Waals surface area contributed by atoms with Crippen molar-refractivity contribution in [2.75, 3.05) is 0 Å². The second kappa shape index (κ2) is 10.4. The molecular weight excluding hydrogens is 629 g/mol. The molecule has 10 aromatic rings. The minimum atomic E-state index is 0.101. The van der Waals surface area contributed by atoms with Crippen molar-refractivity contribution in [1.82, 2.24) is 9.13 Å². The molecule has 1 aliphatic rings.